The van der Waals surface area contributed by atoms with E-state index >= 15 is 0 Å². The second kappa shape index (κ2) is 8.75. The molecule has 0 amide bonds. The van der Waals surface area contributed by atoms with Crippen LogP contribution in [0.15, 0.2) is 49.1 Å². The first-order valence-corrected chi connectivity index (χ1v) is 4.77. The molecule has 0 aliphatic carbocycles. The fourth-order valence-corrected chi connectivity index (χ4v) is 0.732. The summed E-state index contributed by atoms with van der Waals surface area (Å²) in [6.45, 7) is 5.54. The van der Waals surface area contributed by atoms with Crippen LogP contribution in [0.1, 0.15) is 18.9 Å². The molecule has 0 radical (unpaired) electrons. The van der Waals surface area contributed by atoms with Crippen LogP contribution in [0.25, 0.3) is 6.08 Å². The van der Waals surface area contributed by atoms with E-state index in [-0.39, 0.29) is 0 Å². The second-order valence-corrected chi connectivity index (χ2v) is 2.78. The van der Waals surface area contributed by atoms with Gasteiger partial charge in [-0.2, -0.15) is 0 Å². The summed E-state index contributed by atoms with van der Waals surface area (Å²) in [6, 6.07) is 9.31. The van der Waals surface area contributed by atoms with Gasteiger partial charge in [-0.3, -0.25) is 0 Å². The van der Waals surface area contributed by atoms with Crippen molar-refractivity contribution in [3.8, 4) is 0 Å². The normalized spacial score (nSPS) is 9.13. The van der Waals surface area contributed by atoms with Crippen molar-refractivity contribution < 1.29 is 9.90 Å². The summed E-state index contributed by atoms with van der Waals surface area (Å²) in [4.78, 5) is 10.1. The third kappa shape index (κ3) is 8.50. The van der Waals surface area contributed by atoms with Gasteiger partial charge in [0.25, 0.3) is 0 Å². The SMILES string of the molecule is C=CCC.O=C(O)C=Cc1ccccc1. The Hall–Kier alpha value is -1.83. The van der Waals surface area contributed by atoms with Crippen LogP contribution in [0.3, 0.4) is 0 Å². The van der Waals surface area contributed by atoms with E-state index in [0.29, 0.717) is 0 Å². The molecular formula is C13H16O2. The Kier molecular flexibility index (Phi) is 7.69. The van der Waals surface area contributed by atoms with Gasteiger partial charge in [-0.1, -0.05) is 43.3 Å². The summed E-state index contributed by atoms with van der Waals surface area (Å²) in [5.41, 5.74) is 0.898. The number of benzene rings is 1. The van der Waals surface area contributed by atoms with Crippen molar-refractivity contribution in [1.82, 2.24) is 0 Å². The maximum absolute atomic E-state index is 10.1. The molecule has 1 N–H and O–H groups in total. The van der Waals surface area contributed by atoms with E-state index in [4.69, 9.17) is 5.11 Å². The average molecular weight is 204 g/mol. The van der Waals surface area contributed by atoms with Gasteiger partial charge in [-0.15, -0.1) is 6.58 Å². The van der Waals surface area contributed by atoms with E-state index < -0.39 is 5.97 Å². The Morgan fingerprint density at radius 2 is 1.93 bits per heavy atom. The van der Waals surface area contributed by atoms with E-state index in [0.717, 1.165) is 18.1 Å². The van der Waals surface area contributed by atoms with Gasteiger partial charge in [0.1, 0.15) is 0 Å². The Morgan fingerprint density at radius 1 is 1.40 bits per heavy atom. The molecule has 0 aliphatic rings. The van der Waals surface area contributed by atoms with Gasteiger partial charge >= 0.3 is 5.97 Å². The maximum atomic E-state index is 10.1. The van der Waals surface area contributed by atoms with E-state index in [9.17, 15) is 4.79 Å². The van der Waals surface area contributed by atoms with E-state index in [2.05, 4.69) is 13.5 Å². The van der Waals surface area contributed by atoms with Gasteiger partial charge in [-0.25, -0.2) is 4.79 Å². The third-order valence-electron chi connectivity index (χ3n) is 1.51. The smallest absolute Gasteiger partial charge is 0.328 e. The lowest BCUT2D eigenvalue weighted by atomic mass is 10.2. The average Bonchev–Trinajstić information content (AvgIpc) is 2.28. The van der Waals surface area contributed by atoms with E-state index in [1.54, 1.807) is 6.08 Å². The first-order valence-electron chi connectivity index (χ1n) is 4.77. The first-order chi connectivity index (χ1) is 7.20. The summed E-state index contributed by atoms with van der Waals surface area (Å²) < 4.78 is 0. The van der Waals surface area contributed by atoms with Crippen molar-refractivity contribution in [1.29, 1.82) is 0 Å². The first kappa shape index (κ1) is 13.2. The molecule has 1 rings (SSSR count). The second-order valence-electron chi connectivity index (χ2n) is 2.78. The van der Waals surface area contributed by atoms with Crippen molar-refractivity contribution in [3.63, 3.8) is 0 Å². The summed E-state index contributed by atoms with van der Waals surface area (Å²) in [5, 5.41) is 8.29. The topological polar surface area (TPSA) is 37.3 Å². The van der Waals surface area contributed by atoms with Gasteiger partial charge in [0, 0.05) is 6.08 Å². The number of hydrogen-bond acceptors (Lipinski definition) is 1. The lowest BCUT2D eigenvalue weighted by Gasteiger charge is -1.87. The van der Waals surface area contributed by atoms with Gasteiger partial charge in [0.2, 0.25) is 0 Å². The molecule has 0 saturated carbocycles. The van der Waals surface area contributed by atoms with Crippen LogP contribution in [-0.4, -0.2) is 11.1 Å². The Morgan fingerprint density at radius 3 is 2.33 bits per heavy atom. The highest BCUT2D eigenvalue weighted by atomic mass is 16.4. The molecule has 0 aromatic heterocycles. The standard InChI is InChI=1S/C9H8O2.C4H8/c10-9(11)7-6-8-4-2-1-3-5-8;1-3-4-2/h1-7H,(H,10,11);3H,1,4H2,2H3. The van der Waals surface area contributed by atoms with E-state index in [1.165, 1.54) is 0 Å². The summed E-state index contributed by atoms with van der Waals surface area (Å²) in [7, 11) is 0. The number of allylic oxidation sites excluding steroid dienone is 1. The fourth-order valence-electron chi connectivity index (χ4n) is 0.732. The zero-order chi connectivity index (χ0) is 11.5. The summed E-state index contributed by atoms with van der Waals surface area (Å²) >= 11 is 0. The van der Waals surface area contributed by atoms with Crippen LogP contribution < -0.4 is 0 Å². The molecule has 0 aliphatic heterocycles. The molecule has 0 bridgehead atoms. The quantitative estimate of drug-likeness (QED) is 0.605. The molecule has 2 nitrogen and oxygen atoms in total. The maximum Gasteiger partial charge on any atom is 0.328 e. The molecule has 1 aromatic rings. The molecule has 0 fully saturated rings. The molecule has 0 heterocycles. The van der Waals surface area contributed by atoms with E-state index in [1.807, 2.05) is 36.4 Å². The van der Waals surface area contributed by atoms with Crippen LogP contribution in [0.4, 0.5) is 0 Å². The number of carboxylic acid groups (broad SMARTS) is 1. The fraction of sp³-hybridized carbons (Fsp3) is 0.154. The molecule has 0 atom stereocenters. The Balaban J connectivity index is 0.000000423. The molecule has 1 aromatic carbocycles. The lowest BCUT2D eigenvalue weighted by Crippen LogP contribution is -1.85. The van der Waals surface area contributed by atoms with Crippen molar-refractivity contribution in [3.05, 3.63) is 54.6 Å². The molecule has 80 valence electrons. The van der Waals surface area contributed by atoms with Gasteiger partial charge in [0.15, 0.2) is 0 Å². The van der Waals surface area contributed by atoms with Crippen LogP contribution in [0, 0.1) is 0 Å². The lowest BCUT2D eigenvalue weighted by molar-refractivity contribution is -0.131. The zero-order valence-electron chi connectivity index (χ0n) is 8.89. The van der Waals surface area contributed by atoms with Gasteiger partial charge < -0.3 is 5.11 Å². The minimum atomic E-state index is -0.922. The zero-order valence-corrected chi connectivity index (χ0v) is 8.89. The Bertz CT molecular complexity index is 313. The molecule has 2 heteroatoms. The summed E-state index contributed by atoms with van der Waals surface area (Å²) in [6.07, 6.45) is 5.64. The number of carbonyl (C=O) groups is 1. The van der Waals surface area contributed by atoms with Crippen LogP contribution in [0.2, 0.25) is 0 Å². The third-order valence-corrected chi connectivity index (χ3v) is 1.51. The molecule has 0 saturated heterocycles. The van der Waals surface area contributed by atoms with Gasteiger partial charge in [0.05, 0.1) is 0 Å². The highest BCUT2D eigenvalue weighted by Gasteiger charge is 1.85. The Labute approximate surface area is 90.6 Å². The predicted octanol–water partition coefficient (Wildman–Crippen LogP) is 3.37. The number of carboxylic acids is 1. The molecule has 15 heavy (non-hydrogen) atoms. The molecule has 0 spiro atoms. The van der Waals surface area contributed by atoms with Crippen molar-refractivity contribution >= 4 is 12.0 Å². The van der Waals surface area contributed by atoms with Crippen molar-refractivity contribution in [2.45, 2.75) is 13.3 Å². The minimum absolute atomic E-state index is 0.898. The van der Waals surface area contributed by atoms with Crippen molar-refractivity contribution in [2.75, 3.05) is 0 Å². The predicted molar refractivity (Wildman–Crippen MR) is 63.6 cm³/mol. The molecule has 0 unspecified atom stereocenters. The largest absolute Gasteiger partial charge is 0.478 e. The van der Waals surface area contributed by atoms with Gasteiger partial charge in [-0.05, 0) is 18.1 Å². The van der Waals surface area contributed by atoms with Crippen LogP contribution in [0.5, 0.6) is 0 Å². The minimum Gasteiger partial charge on any atom is -0.478 e. The highest BCUT2D eigenvalue weighted by Crippen LogP contribution is 1.99. The van der Waals surface area contributed by atoms with Crippen LogP contribution in [-0.2, 0) is 4.79 Å². The number of hydrogen-bond donors (Lipinski definition) is 1. The monoisotopic (exact) mass is 204 g/mol. The summed E-state index contributed by atoms with van der Waals surface area (Å²) in [5.74, 6) is -0.922. The number of aliphatic carboxylic acids is 1. The van der Waals surface area contributed by atoms with Crippen molar-refractivity contribution in [2.24, 2.45) is 0 Å². The number of rotatable bonds is 3. The highest BCUT2D eigenvalue weighted by molar-refractivity contribution is 5.85. The molecular weight excluding hydrogens is 188 g/mol. The van der Waals surface area contributed by atoms with Crippen LogP contribution >= 0.6 is 0 Å².